The number of hydrogen-bond donors (Lipinski definition) is 0. The van der Waals surface area contributed by atoms with Crippen molar-refractivity contribution >= 4 is 15.9 Å². The Morgan fingerprint density at radius 1 is 1.04 bits per heavy atom. The number of carbonyl (C=O) groups excluding carboxylic acids is 1. The summed E-state index contributed by atoms with van der Waals surface area (Å²) in [6, 6.07) is 0. The maximum Gasteiger partial charge on any atom is 0.226 e. The number of amides is 1. The summed E-state index contributed by atoms with van der Waals surface area (Å²) >= 11 is 0. The average Bonchev–Trinajstić information content (AvgIpc) is 3.40. The van der Waals surface area contributed by atoms with Crippen LogP contribution in [0, 0.1) is 5.92 Å². The molecule has 26 heavy (non-hydrogen) atoms. The van der Waals surface area contributed by atoms with E-state index in [2.05, 4.69) is 14.8 Å². The first kappa shape index (κ1) is 17.9. The number of hydrogen-bond acceptors (Lipinski definition) is 5. The van der Waals surface area contributed by atoms with Gasteiger partial charge in [0.05, 0.1) is 11.8 Å². The largest absolute Gasteiger partial charge is 0.333 e. The molecule has 3 aliphatic rings. The SMILES string of the molecule is CC(C)S(=O)(=O)N1CCC(c2nnc3n2CCN(C(=O)C2CC2)C3)CC1. The first-order valence-corrected chi connectivity index (χ1v) is 11.1. The van der Waals surface area contributed by atoms with Gasteiger partial charge in [0, 0.05) is 38.0 Å². The minimum absolute atomic E-state index is 0.233. The number of piperidine rings is 1. The van der Waals surface area contributed by atoms with Crippen LogP contribution in [0.3, 0.4) is 0 Å². The van der Waals surface area contributed by atoms with E-state index in [4.69, 9.17) is 0 Å². The molecule has 0 radical (unpaired) electrons. The van der Waals surface area contributed by atoms with Crippen molar-refractivity contribution in [3.8, 4) is 0 Å². The van der Waals surface area contributed by atoms with Gasteiger partial charge in [-0.1, -0.05) is 0 Å². The van der Waals surface area contributed by atoms with Crippen LogP contribution in [-0.4, -0.2) is 63.2 Å². The number of rotatable bonds is 4. The summed E-state index contributed by atoms with van der Waals surface area (Å²) < 4.78 is 28.4. The lowest BCUT2D eigenvalue weighted by molar-refractivity contribution is -0.134. The van der Waals surface area contributed by atoms with E-state index in [1.807, 2.05) is 4.90 Å². The quantitative estimate of drug-likeness (QED) is 0.775. The Morgan fingerprint density at radius 3 is 2.35 bits per heavy atom. The molecule has 1 saturated carbocycles. The Hall–Kier alpha value is -1.48. The van der Waals surface area contributed by atoms with E-state index >= 15 is 0 Å². The van der Waals surface area contributed by atoms with Gasteiger partial charge < -0.3 is 9.47 Å². The molecule has 0 spiro atoms. The molecule has 3 heterocycles. The van der Waals surface area contributed by atoms with Gasteiger partial charge in [0.2, 0.25) is 15.9 Å². The third-order valence-corrected chi connectivity index (χ3v) is 8.07. The van der Waals surface area contributed by atoms with E-state index in [1.54, 1.807) is 18.2 Å². The molecule has 144 valence electrons. The first-order chi connectivity index (χ1) is 12.4. The van der Waals surface area contributed by atoms with Gasteiger partial charge in [0.1, 0.15) is 5.82 Å². The molecule has 2 aliphatic heterocycles. The zero-order valence-electron chi connectivity index (χ0n) is 15.5. The van der Waals surface area contributed by atoms with Gasteiger partial charge in [-0.2, -0.15) is 0 Å². The molecule has 0 aromatic carbocycles. The molecule has 1 aliphatic carbocycles. The van der Waals surface area contributed by atoms with E-state index in [0.717, 1.165) is 43.9 Å². The van der Waals surface area contributed by atoms with Gasteiger partial charge >= 0.3 is 0 Å². The van der Waals surface area contributed by atoms with Crippen molar-refractivity contribution in [1.82, 2.24) is 24.0 Å². The minimum atomic E-state index is -3.18. The number of nitrogens with zero attached hydrogens (tertiary/aromatic N) is 5. The highest BCUT2D eigenvalue weighted by atomic mass is 32.2. The summed E-state index contributed by atoms with van der Waals surface area (Å²) in [5, 5.41) is 8.35. The van der Waals surface area contributed by atoms with E-state index in [9.17, 15) is 13.2 Å². The summed E-state index contributed by atoms with van der Waals surface area (Å²) in [7, 11) is -3.18. The molecule has 8 nitrogen and oxygen atoms in total. The maximum atomic E-state index is 12.3. The molecule has 0 atom stereocenters. The molecule has 0 unspecified atom stereocenters. The summed E-state index contributed by atoms with van der Waals surface area (Å²) in [6.45, 7) is 6.53. The van der Waals surface area contributed by atoms with Crippen LogP contribution in [0.1, 0.15) is 57.1 Å². The van der Waals surface area contributed by atoms with Crippen LogP contribution >= 0.6 is 0 Å². The minimum Gasteiger partial charge on any atom is -0.333 e. The maximum absolute atomic E-state index is 12.3. The summed E-state index contributed by atoms with van der Waals surface area (Å²) in [5.74, 6) is 2.54. The van der Waals surface area contributed by atoms with Crippen molar-refractivity contribution < 1.29 is 13.2 Å². The van der Waals surface area contributed by atoms with Gasteiger partial charge in [-0.05, 0) is 39.5 Å². The highest BCUT2D eigenvalue weighted by Crippen LogP contribution is 2.33. The standard InChI is InChI=1S/C17H27N5O3S/c1-12(2)26(24,25)21-7-5-13(6-8-21)16-19-18-15-11-20(9-10-22(15)16)17(23)14-3-4-14/h12-14H,3-11H2,1-2H3. The number of sulfonamides is 1. The summed E-state index contributed by atoms with van der Waals surface area (Å²) in [4.78, 5) is 14.2. The van der Waals surface area contributed by atoms with Crippen molar-refractivity contribution in [3.63, 3.8) is 0 Å². The Balaban J connectivity index is 1.42. The zero-order chi connectivity index (χ0) is 18.5. The third-order valence-electron chi connectivity index (χ3n) is 5.79. The lowest BCUT2D eigenvalue weighted by Crippen LogP contribution is -2.42. The molecule has 1 amide bonds. The van der Waals surface area contributed by atoms with Crippen molar-refractivity contribution in [1.29, 1.82) is 0 Å². The fourth-order valence-corrected chi connectivity index (χ4v) is 5.24. The van der Waals surface area contributed by atoms with Crippen molar-refractivity contribution in [2.75, 3.05) is 19.6 Å². The number of fused-ring (bicyclic) bond motifs is 1. The Labute approximate surface area is 154 Å². The molecule has 1 aromatic rings. The summed E-state index contributed by atoms with van der Waals surface area (Å²) in [6.07, 6.45) is 3.58. The Bertz CT molecular complexity index is 791. The lowest BCUT2D eigenvalue weighted by atomic mass is 9.97. The molecule has 0 N–H and O–H groups in total. The van der Waals surface area contributed by atoms with Crippen LogP contribution in [0.5, 0.6) is 0 Å². The molecular weight excluding hydrogens is 354 g/mol. The first-order valence-electron chi connectivity index (χ1n) is 9.57. The van der Waals surface area contributed by atoms with E-state index in [1.165, 1.54) is 0 Å². The average molecular weight is 382 g/mol. The fraction of sp³-hybridized carbons (Fsp3) is 0.824. The zero-order valence-corrected chi connectivity index (χ0v) is 16.3. The van der Waals surface area contributed by atoms with E-state index in [0.29, 0.717) is 26.2 Å². The van der Waals surface area contributed by atoms with Crippen molar-refractivity contribution in [3.05, 3.63) is 11.6 Å². The van der Waals surface area contributed by atoms with Crippen LogP contribution in [0.4, 0.5) is 0 Å². The molecule has 1 saturated heterocycles. The van der Waals surface area contributed by atoms with Crippen LogP contribution in [0.15, 0.2) is 0 Å². The predicted molar refractivity (Wildman–Crippen MR) is 95.8 cm³/mol. The normalized spacial score (nSPS) is 22.7. The smallest absolute Gasteiger partial charge is 0.226 e. The van der Waals surface area contributed by atoms with Crippen LogP contribution < -0.4 is 0 Å². The number of aromatic nitrogens is 3. The highest BCUT2D eigenvalue weighted by Gasteiger charge is 2.37. The van der Waals surface area contributed by atoms with Crippen molar-refractivity contribution in [2.45, 2.75) is 63.8 Å². The third kappa shape index (κ3) is 3.15. The fourth-order valence-electron chi connectivity index (χ4n) is 3.93. The van der Waals surface area contributed by atoms with Crippen LogP contribution in [0.25, 0.3) is 0 Å². The van der Waals surface area contributed by atoms with Crippen LogP contribution in [0.2, 0.25) is 0 Å². The van der Waals surface area contributed by atoms with E-state index < -0.39 is 10.0 Å². The topological polar surface area (TPSA) is 88.4 Å². The molecule has 0 bridgehead atoms. The Kier molecular flexibility index (Phi) is 4.54. The Morgan fingerprint density at radius 2 is 1.73 bits per heavy atom. The second-order valence-corrected chi connectivity index (χ2v) is 10.4. The molecule has 4 rings (SSSR count). The van der Waals surface area contributed by atoms with Gasteiger partial charge in [-0.25, -0.2) is 12.7 Å². The second-order valence-electron chi connectivity index (χ2n) is 7.93. The van der Waals surface area contributed by atoms with Crippen LogP contribution in [-0.2, 0) is 27.9 Å². The van der Waals surface area contributed by atoms with Gasteiger partial charge in [-0.15, -0.1) is 10.2 Å². The highest BCUT2D eigenvalue weighted by molar-refractivity contribution is 7.89. The number of carbonyl (C=O) groups is 1. The summed E-state index contributed by atoms with van der Waals surface area (Å²) in [5.41, 5.74) is 0. The molecule has 1 aromatic heterocycles. The van der Waals surface area contributed by atoms with Crippen molar-refractivity contribution in [2.24, 2.45) is 5.92 Å². The lowest BCUT2D eigenvalue weighted by Gasteiger charge is -2.33. The molecular formula is C17H27N5O3S. The monoisotopic (exact) mass is 381 g/mol. The van der Waals surface area contributed by atoms with Gasteiger partial charge in [-0.3, -0.25) is 4.79 Å². The molecule has 2 fully saturated rings. The van der Waals surface area contributed by atoms with Gasteiger partial charge in [0.15, 0.2) is 5.82 Å². The van der Waals surface area contributed by atoms with Gasteiger partial charge in [0.25, 0.3) is 0 Å². The molecule has 9 heteroatoms. The second kappa shape index (κ2) is 6.60. The van der Waals surface area contributed by atoms with E-state index in [-0.39, 0.29) is 23.0 Å². The predicted octanol–water partition coefficient (Wildman–Crippen LogP) is 0.948.